The minimum absolute atomic E-state index is 0.0444. The molecule has 2 amide bonds. The van der Waals surface area contributed by atoms with Crippen LogP contribution < -0.4 is 19.5 Å². The lowest BCUT2D eigenvalue weighted by atomic mass is 10.1. The van der Waals surface area contributed by atoms with Crippen molar-refractivity contribution in [3.05, 3.63) is 17.7 Å². The summed E-state index contributed by atoms with van der Waals surface area (Å²) in [6.07, 6.45) is 0. The summed E-state index contributed by atoms with van der Waals surface area (Å²) >= 11 is 0. The van der Waals surface area contributed by atoms with E-state index in [1.54, 1.807) is 19.2 Å². The molecule has 0 radical (unpaired) electrons. The zero-order valence-electron chi connectivity index (χ0n) is 17.5. The van der Waals surface area contributed by atoms with Gasteiger partial charge in [0.15, 0.2) is 11.5 Å². The number of hydrogen-bond acceptors (Lipinski definition) is 5. The number of carbonyl (C=O) groups excluding carboxylic acids is 2. The van der Waals surface area contributed by atoms with Gasteiger partial charge < -0.3 is 24.4 Å². The number of nitrogens with zero attached hydrogens (tertiary/aromatic N) is 1. The number of amides is 2. The molecule has 7 nitrogen and oxygen atoms in total. The molecular weight excluding hydrogens is 348 g/mol. The van der Waals surface area contributed by atoms with Crippen LogP contribution in [0.15, 0.2) is 12.1 Å². The molecule has 0 aliphatic heterocycles. The van der Waals surface area contributed by atoms with Gasteiger partial charge in [-0.1, -0.05) is 0 Å². The number of carbonyl (C=O) groups is 2. The summed E-state index contributed by atoms with van der Waals surface area (Å²) in [6, 6.07) is 3.25. The molecule has 0 fully saturated rings. The van der Waals surface area contributed by atoms with Gasteiger partial charge in [0.1, 0.15) is 0 Å². The lowest BCUT2D eigenvalue weighted by molar-refractivity contribution is -0.122. The van der Waals surface area contributed by atoms with Crippen molar-refractivity contribution >= 4 is 11.8 Å². The first-order valence-electron chi connectivity index (χ1n) is 9.25. The second-order valence-corrected chi connectivity index (χ2v) is 7.06. The van der Waals surface area contributed by atoms with Crippen molar-refractivity contribution < 1.29 is 23.8 Å². The highest BCUT2D eigenvalue weighted by Crippen LogP contribution is 2.39. The largest absolute Gasteiger partial charge is 0.490 e. The van der Waals surface area contributed by atoms with E-state index in [1.165, 1.54) is 4.90 Å². The van der Waals surface area contributed by atoms with Crippen LogP contribution in [0.5, 0.6) is 17.2 Å². The summed E-state index contributed by atoms with van der Waals surface area (Å²) in [7, 11) is 1.59. The Hall–Kier alpha value is -2.44. The van der Waals surface area contributed by atoms with Gasteiger partial charge in [0.2, 0.25) is 11.7 Å². The fraction of sp³-hybridized carbons (Fsp3) is 0.600. The van der Waals surface area contributed by atoms with Crippen molar-refractivity contribution in [3.63, 3.8) is 0 Å². The van der Waals surface area contributed by atoms with Crippen molar-refractivity contribution in [2.75, 3.05) is 33.4 Å². The summed E-state index contributed by atoms with van der Waals surface area (Å²) in [6.45, 7) is 12.5. The Labute approximate surface area is 162 Å². The van der Waals surface area contributed by atoms with E-state index in [2.05, 4.69) is 5.32 Å². The quantitative estimate of drug-likeness (QED) is 0.713. The van der Waals surface area contributed by atoms with Crippen LogP contribution in [-0.4, -0.2) is 55.7 Å². The maximum atomic E-state index is 12.8. The standard InChI is InChI=1S/C20H32N2O5/c1-8-25-15-11-14(12-16(26-9-2)18(15)27-10-3)19(24)22(7)13-17(23)21-20(4,5)6/h11-12H,8-10,13H2,1-7H3,(H,21,23). The summed E-state index contributed by atoms with van der Waals surface area (Å²) < 4.78 is 16.9. The maximum Gasteiger partial charge on any atom is 0.254 e. The minimum Gasteiger partial charge on any atom is -0.490 e. The van der Waals surface area contributed by atoms with E-state index in [0.29, 0.717) is 42.6 Å². The van der Waals surface area contributed by atoms with Crippen LogP contribution in [0.3, 0.4) is 0 Å². The van der Waals surface area contributed by atoms with Gasteiger partial charge in [-0.25, -0.2) is 0 Å². The van der Waals surface area contributed by atoms with E-state index in [-0.39, 0.29) is 23.9 Å². The Morgan fingerprint density at radius 2 is 1.44 bits per heavy atom. The van der Waals surface area contributed by atoms with Crippen molar-refractivity contribution in [2.24, 2.45) is 0 Å². The number of nitrogens with one attached hydrogen (secondary N) is 1. The van der Waals surface area contributed by atoms with Crippen molar-refractivity contribution in [3.8, 4) is 17.2 Å². The molecule has 0 atom stereocenters. The highest BCUT2D eigenvalue weighted by Gasteiger charge is 2.22. The maximum absolute atomic E-state index is 12.8. The van der Waals surface area contributed by atoms with E-state index in [4.69, 9.17) is 14.2 Å². The second kappa shape index (κ2) is 10.0. The molecule has 0 saturated carbocycles. The first kappa shape index (κ1) is 22.6. The lowest BCUT2D eigenvalue weighted by Gasteiger charge is -2.24. The predicted molar refractivity (Wildman–Crippen MR) is 105 cm³/mol. The minimum atomic E-state index is -0.357. The first-order valence-corrected chi connectivity index (χ1v) is 9.25. The molecule has 0 aromatic heterocycles. The van der Waals surface area contributed by atoms with E-state index in [0.717, 1.165) is 0 Å². The molecular formula is C20H32N2O5. The van der Waals surface area contributed by atoms with Crippen LogP contribution in [0, 0.1) is 0 Å². The van der Waals surface area contributed by atoms with Crippen LogP contribution in [0.4, 0.5) is 0 Å². The summed E-state index contributed by atoms with van der Waals surface area (Å²) in [4.78, 5) is 26.3. The Bertz CT molecular complexity index is 625. The molecule has 1 rings (SSSR count). The molecule has 1 aromatic carbocycles. The van der Waals surface area contributed by atoms with Gasteiger partial charge in [0.05, 0.1) is 26.4 Å². The van der Waals surface area contributed by atoms with Crippen LogP contribution >= 0.6 is 0 Å². The molecule has 0 saturated heterocycles. The SMILES string of the molecule is CCOc1cc(C(=O)N(C)CC(=O)NC(C)(C)C)cc(OCC)c1OCC. The first-order chi connectivity index (χ1) is 12.6. The normalized spacial score (nSPS) is 10.9. The van der Waals surface area contributed by atoms with Gasteiger partial charge in [0, 0.05) is 18.2 Å². The molecule has 27 heavy (non-hydrogen) atoms. The van der Waals surface area contributed by atoms with Gasteiger partial charge in [-0.15, -0.1) is 0 Å². The van der Waals surface area contributed by atoms with Gasteiger partial charge in [-0.3, -0.25) is 9.59 Å². The van der Waals surface area contributed by atoms with E-state index in [1.807, 2.05) is 41.5 Å². The lowest BCUT2D eigenvalue weighted by Crippen LogP contribution is -2.46. The monoisotopic (exact) mass is 380 g/mol. The molecule has 0 heterocycles. The van der Waals surface area contributed by atoms with E-state index < -0.39 is 0 Å². The smallest absolute Gasteiger partial charge is 0.254 e. The molecule has 0 spiro atoms. The molecule has 0 aliphatic carbocycles. The summed E-state index contributed by atoms with van der Waals surface area (Å²) in [5.74, 6) is 0.844. The third-order valence-electron chi connectivity index (χ3n) is 3.40. The molecule has 0 bridgehead atoms. The van der Waals surface area contributed by atoms with Gasteiger partial charge in [-0.05, 0) is 53.7 Å². The van der Waals surface area contributed by atoms with Crippen LogP contribution in [-0.2, 0) is 4.79 Å². The fourth-order valence-electron chi connectivity index (χ4n) is 2.48. The van der Waals surface area contributed by atoms with Crippen LogP contribution in [0.25, 0.3) is 0 Å². The van der Waals surface area contributed by atoms with Crippen LogP contribution in [0.2, 0.25) is 0 Å². The Morgan fingerprint density at radius 3 is 1.85 bits per heavy atom. The van der Waals surface area contributed by atoms with Crippen molar-refractivity contribution in [1.29, 1.82) is 0 Å². The Morgan fingerprint density at radius 1 is 0.963 bits per heavy atom. The Kier molecular flexibility index (Phi) is 8.40. The molecule has 1 N–H and O–H groups in total. The fourth-order valence-corrected chi connectivity index (χ4v) is 2.48. The third kappa shape index (κ3) is 7.00. The number of benzene rings is 1. The van der Waals surface area contributed by atoms with Crippen molar-refractivity contribution in [1.82, 2.24) is 10.2 Å². The van der Waals surface area contributed by atoms with Crippen molar-refractivity contribution in [2.45, 2.75) is 47.1 Å². The molecule has 0 aliphatic rings. The third-order valence-corrected chi connectivity index (χ3v) is 3.40. The number of likely N-dealkylation sites (N-methyl/N-ethyl adjacent to an activating group) is 1. The van der Waals surface area contributed by atoms with Crippen LogP contribution in [0.1, 0.15) is 51.9 Å². The summed E-state index contributed by atoms with van der Waals surface area (Å²) in [5.41, 5.74) is 0.0149. The Balaban J connectivity index is 3.12. The second-order valence-electron chi connectivity index (χ2n) is 7.06. The summed E-state index contributed by atoms with van der Waals surface area (Å²) in [5, 5.41) is 2.84. The topological polar surface area (TPSA) is 77.1 Å². The molecule has 152 valence electrons. The average Bonchev–Trinajstić information content (AvgIpc) is 2.55. The highest BCUT2D eigenvalue weighted by atomic mass is 16.5. The number of ether oxygens (including phenoxy) is 3. The average molecular weight is 380 g/mol. The number of rotatable bonds is 9. The number of hydrogen-bond donors (Lipinski definition) is 1. The van der Waals surface area contributed by atoms with Gasteiger partial charge in [-0.2, -0.15) is 0 Å². The zero-order valence-corrected chi connectivity index (χ0v) is 17.5. The van der Waals surface area contributed by atoms with Gasteiger partial charge >= 0.3 is 0 Å². The van der Waals surface area contributed by atoms with E-state index in [9.17, 15) is 9.59 Å². The highest BCUT2D eigenvalue weighted by molar-refractivity contribution is 5.97. The van der Waals surface area contributed by atoms with Gasteiger partial charge in [0.25, 0.3) is 5.91 Å². The molecule has 0 unspecified atom stereocenters. The predicted octanol–water partition coefficient (Wildman–Crippen LogP) is 2.87. The van der Waals surface area contributed by atoms with E-state index >= 15 is 0 Å². The molecule has 1 aromatic rings. The molecule has 7 heteroatoms. The zero-order chi connectivity index (χ0) is 20.6.